The highest BCUT2D eigenvalue weighted by Crippen LogP contribution is 2.48. The first-order chi connectivity index (χ1) is 19.5. The molecule has 3 N–H and O–H groups in total. The molecule has 14 heteroatoms. The molecular formula is C27H37ClN3O8PS. The van der Waals surface area contributed by atoms with E-state index in [0.717, 1.165) is 37.7 Å². The van der Waals surface area contributed by atoms with Gasteiger partial charge in [-0.25, -0.2) is 17.9 Å². The molecule has 0 saturated heterocycles. The van der Waals surface area contributed by atoms with E-state index in [1.165, 1.54) is 24.3 Å². The van der Waals surface area contributed by atoms with Gasteiger partial charge in [-0.2, -0.15) is 0 Å². The van der Waals surface area contributed by atoms with Crippen LogP contribution in [-0.4, -0.2) is 52.5 Å². The summed E-state index contributed by atoms with van der Waals surface area (Å²) in [5.41, 5.74) is 0.920. The molecule has 3 rings (SSSR count). The van der Waals surface area contributed by atoms with Crippen LogP contribution in [0.1, 0.15) is 61.9 Å². The third-order valence-electron chi connectivity index (χ3n) is 6.32. The Bertz CT molecular complexity index is 1320. The second kappa shape index (κ2) is 15.6. The van der Waals surface area contributed by atoms with Crippen LogP contribution in [-0.2, 0) is 30.1 Å². The van der Waals surface area contributed by atoms with E-state index in [0.29, 0.717) is 11.4 Å². The number of carbonyl (C=O) groups is 2. The first kappa shape index (κ1) is 32.9. The molecule has 1 fully saturated rings. The monoisotopic (exact) mass is 629 g/mol. The van der Waals surface area contributed by atoms with E-state index in [-0.39, 0.29) is 48.4 Å². The van der Waals surface area contributed by atoms with Gasteiger partial charge in [-0.15, -0.1) is 0 Å². The first-order valence-corrected chi connectivity index (χ1v) is 17.1. The van der Waals surface area contributed by atoms with Crippen LogP contribution < -0.4 is 20.1 Å². The predicted molar refractivity (Wildman–Crippen MR) is 156 cm³/mol. The molecule has 0 unspecified atom stereocenters. The number of rotatable bonds is 14. The lowest BCUT2D eigenvalue weighted by Crippen LogP contribution is -2.45. The Labute approximate surface area is 246 Å². The zero-order valence-electron chi connectivity index (χ0n) is 23.2. The maximum absolute atomic E-state index is 12.9. The number of urea groups is 1. The SMILES string of the molecule is CCOP(=O)(COc1ccc(Cl)cc1C(=O)NCCc1ccc(S(=O)(=O)NC(=O)NC2CCCCC2)cc1)OCC. The zero-order chi connectivity index (χ0) is 29.9. The zero-order valence-corrected chi connectivity index (χ0v) is 25.7. The van der Waals surface area contributed by atoms with Crippen molar-refractivity contribution in [2.75, 3.05) is 26.1 Å². The molecule has 0 aliphatic heterocycles. The van der Waals surface area contributed by atoms with E-state index in [1.807, 2.05) is 0 Å². The smallest absolute Gasteiger partial charge is 0.367 e. The summed E-state index contributed by atoms with van der Waals surface area (Å²) in [4.78, 5) is 25.1. The highest BCUT2D eigenvalue weighted by Gasteiger charge is 2.26. The number of sulfonamides is 1. The molecule has 41 heavy (non-hydrogen) atoms. The molecular weight excluding hydrogens is 593 g/mol. The Morgan fingerprint density at radius 3 is 2.29 bits per heavy atom. The lowest BCUT2D eigenvalue weighted by molar-refractivity contribution is 0.0949. The van der Waals surface area contributed by atoms with Gasteiger partial charge in [0.1, 0.15) is 5.75 Å². The number of benzene rings is 2. The number of amides is 3. The largest absolute Gasteiger partial charge is 0.480 e. The van der Waals surface area contributed by atoms with Gasteiger partial charge >= 0.3 is 13.6 Å². The summed E-state index contributed by atoms with van der Waals surface area (Å²) in [6.07, 6.45) is 4.87. The highest BCUT2D eigenvalue weighted by atomic mass is 35.5. The van der Waals surface area contributed by atoms with Crippen LogP contribution in [0.15, 0.2) is 47.4 Å². The molecule has 3 amide bonds. The van der Waals surface area contributed by atoms with Crippen LogP contribution in [0.2, 0.25) is 5.02 Å². The minimum Gasteiger partial charge on any atom is -0.480 e. The van der Waals surface area contributed by atoms with Gasteiger partial charge in [-0.3, -0.25) is 9.36 Å². The van der Waals surface area contributed by atoms with Gasteiger partial charge in [0.05, 0.1) is 23.7 Å². The van der Waals surface area contributed by atoms with Gasteiger partial charge in [-0.05, 0) is 69.0 Å². The van der Waals surface area contributed by atoms with Crippen molar-refractivity contribution in [3.63, 3.8) is 0 Å². The number of nitrogens with one attached hydrogen (secondary N) is 3. The van der Waals surface area contributed by atoms with Gasteiger partial charge < -0.3 is 24.4 Å². The Kier molecular flexibility index (Phi) is 12.5. The molecule has 0 heterocycles. The number of ether oxygens (including phenoxy) is 1. The fourth-order valence-electron chi connectivity index (χ4n) is 4.35. The number of hydrogen-bond donors (Lipinski definition) is 3. The number of hydrogen-bond acceptors (Lipinski definition) is 8. The average Bonchev–Trinajstić information content (AvgIpc) is 2.93. The van der Waals surface area contributed by atoms with Crippen molar-refractivity contribution in [3.05, 3.63) is 58.6 Å². The normalized spacial score (nSPS) is 14.3. The second-order valence-electron chi connectivity index (χ2n) is 9.42. The molecule has 226 valence electrons. The summed E-state index contributed by atoms with van der Waals surface area (Å²) in [5.74, 6) is -0.293. The van der Waals surface area contributed by atoms with Gasteiger partial charge in [0, 0.05) is 17.6 Å². The quantitative estimate of drug-likeness (QED) is 0.240. The lowest BCUT2D eigenvalue weighted by Gasteiger charge is -2.22. The van der Waals surface area contributed by atoms with Gasteiger partial charge in [0.15, 0.2) is 6.35 Å². The summed E-state index contributed by atoms with van der Waals surface area (Å²) >= 11 is 6.09. The van der Waals surface area contributed by atoms with E-state index >= 15 is 0 Å². The standard InChI is InChI=1S/C27H37ClN3O8PS/c1-3-38-40(34,39-4-2)19-37-25-15-12-21(28)18-24(25)26(32)29-17-16-20-10-13-23(14-11-20)41(35,36)31-27(33)30-22-8-6-5-7-9-22/h10-15,18,22H,3-9,16-17,19H2,1-2H3,(H,29,32)(H2,30,31,33). The third kappa shape index (κ3) is 10.3. The summed E-state index contributed by atoms with van der Waals surface area (Å²) in [7, 11) is -7.52. The molecule has 0 radical (unpaired) electrons. The molecule has 1 saturated carbocycles. The second-order valence-corrected chi connectivity index (χ2v) is 13.5. The summed E-state index contributed by atoms with van der Waals surface area (Å²) in [6, 6.07) is 9.79. The van der Waals surface area contributed by atoms with Crippen molar-refractivity contribution in [2.24, 2.45) is 0 Å². The van der Waals surface area contributed by atoms with E-state index in [4.69, 9.17) is 25.4 Å². The van der Waals surface area contributed by atoms with E-state index in [2.05, 4.69) is 15.4 Å². The molecule has 0 atom stereocenters. The topological polar surface area (TPSA) is 149 Å². The van der Waals surface area contributed by atoms with Crippen LogP contribution >= 0.6 is 19.2 Å². The van der Waals surface area contributed by atoms with E-state index < -0.39 is 29.6 Å². The van der Waals surface area contributed by atoms with Crippen molar-refractivity contribution in [1.29, 1.82) is 0 Å². The van der Waals surface area contributed by atoms with Crippen LogP contribution in [0.3, 0.4) is 0 Å². The molecule has 1 aliphatic rings. The lowest BCUT2D eigenvalue weighted by atomic mass is 9.96. The van der Waals surface area contributed by atoms with Crippen LogP contribution in [0.4, 0.5) is 4.79 Å². The van der Waals surface area contributed by atoms with Crippen molar-refractivity contribution in [3.8, 4) is 5.75 Å². The Balaban J connectivity index is 1.54. The van der Waals surface area contributed by atoms with Crippen molar-refractivity contribution >= 4 is 41.2 Å². The van der Waals surface area contributed by atoms with Crippen LogP contribution in [0, 0.1) is 0 Å². The molecule has 1 aliphatic carbocycles. The van der Waals surface area contributed by atoms with E-state index in [1.54, 1.807) is 32.0 Å². The van der Waals surface area contributed by atoms with Gasteiger partial charge in [-0.1, -0.05) is 43.0 Å². The van der Waals surface area contributed by atoms with Crippen molar-refractivity contribution < 1.29 is 36.4 Å². The predicted octanol–water partition coefficient (Wildman–Crippen LogP) is 5.24. The summed E-state index contributed by atoms with van der Waals surface area (Å²) in [6.45, 7) is 3.96. The fourth-order valence-corrected chi connectivity index (χ4v) is 6.75. The summed E-state index contributed by atoms with van der Waals surface area (Å²) < 4.78 is 56.1. The number of carbonyl (C=O) groups excluding carboxylic acids is 2. The average molecular weight is 630 g/mol. The fraction of sp³-hybridized carbons (Fsp3) is 0.481. The Hall–Kier alpha value is -2.63. The number of halogens is 1. The molecule has 0 spiro atoms. The molecule has 0 aromatic heterocycles. The van der Waals surface area contributed by atoms with Crippen LogP contribution in [0.25, 0.3) is 0 Å². The minimum atomic E-state index is -4.03. The highest BCUT2D eigenvalue weighted by molar-refractivity contribution is 7.90. The van der Waals surface area contributed by atoms with Gasteiger partial charge in [0.25, 0.3) is 15.9 Å². The first-order valence-electron chi connectivity index (χ1n) is 13.6. The Morgan fingerprint density at radius 2 is 1.66 bits per heavy atom. The summed E-state index contributed by atoms with van der Waals surface area (Å²) in [5, 5.41) is 5.83. The molecule has 11 nitrogen and oxygen atoms in total. The van der Waals surface area contributed by atoms with Crippen molar-refractivity contribution in [1.82, 2.24) is 15.4 Å². The molecule has 2 aromatic carbocycles. The maximum Gasteiger partial charge on any atom is 0.367 e. The molecule has 2 aromatic rings. The van der Waals surface area contributed by atoms with Crippen LogP contribution in [0.5, 0.6) is 5.75 Å². The van der Waals surface area contributed by atoms with Crippen molar-refractivity contribution in [2.45, 2.75) is 63.3 Å². The Morgan fingerprint density at radius 1 is 1.00 bits per heavy atom. The maximum atomic E-state index is 12.9. The minimum absolute atomic E-state index is 0.0158. The third-order valence-corrected chi connectivity index (χ3v) is 9.65. The van der Waals surface area contributed by atoms with Gasteiger partial charge in [0.2, 0.25) is 0 Å². The van der Waals surface area contributed by atoms with E-state index in [9.17, 15) is 22.6 Å². The molecule has 0 bridgehead atoms.